The topological polar surface area (TPSA) is 54.0 Å². The fraction of sp³-hybridized carbons (Fsp3) is 0.682. The highest BCUT2D eigenvalue weighted by atomic mass is 28.3. The van der Waals surface area contributed by atoms with Gasteiger partial charge in [0.25, 0.3) is 0 Å². The first-order chi connectivity index (χ1) is 12.8. The number of hydrogen-bond donors (Lipinski definition) is 0. The van der Waals surface area contributed by atoms with Gasteiger partial charge in [0.2, 0.25) is 0 Å². The van der Waals surface area contributed by atoms with Crippen LogP contribution in [0.25, 0.3) is 0 Å². The van der Waals surface area contributed by atoms with Crippen LogP contribution in [0.5, 0.6) is 5.75 Å². The van der Waals surface area contributed by atoms with Crippen molar-refractivity contribution in [2.45, 2.75) is 72.3 Å². The molecule has 0 N–H and O–H groups in total. The number of benzene rings is 1. The summed E-state index contributed by atoms with van der Waals surface area (Å²) in [4.78, 5) is 12.7. The first-order valence-electron chi connectivity index (χ1n) is 9.77. The van der Waals surface area contributed by atoms with Crippen LogP contribution < -0.4 is 4.74 Å². The maximum Gasteiger partial charge on any atom is 0.194 e. The molecule has 0 heterocycles. The van der Waals surface area contributed by atoms with Crippen molar-refractivity contribution in [2.24, 2.45) is 0 Å². The van der Waals surface area contributed by atoms with Crippen molar-refractivity contribution in [3.05, 3.63) is 29.8 Å². The van der Waals surface area contributed by atoms with E-state index >= 15 is 0 Å². The molecule has 0 fully saturated rings. The van der Waals surface area contributed by atoms with Crippen LogP contribution in [0.3, 0.4) is 0 Å². The Morgan fingerprint density at radius 1 is 0.897 bits per heavy atom. The number of ether oxygens (including phenoxy) is 2. The second-order valence-electron chi connectivity index (χ2n) is 7.44. The van der Waals surface area contributed by atoms with Crippen LogP contribution in [0.1, 0.15) is 51.9 Å². The highest BCUT2D eigenvalue weighted by Crippen LogP contribution is 2.21. The van der Waals surface area contributed by atoms with Gasteiger partial charge in [0.1, 0.15) is 11.4 Å². The molecule has 1 rings (SSSR count). The summed E-state index contributed by atoms with van der Waals surface area (Å²) in [5.74, 6) is 0.779. The van der Waals surface area contributed by atoms with Crippen molar-refractivity contribution in [1.29, 1.82) is 0 Å². The van der Waals surface area contributed by atoms with E-state index in [1.54, 1.807) is 14.2 Å². The third kappa shape index (κ3) is 11.7. The molecule has 0 aliphatic rings. The molecule has 29 heavy (non-hydrogen) atoms. The second kappa shape index (κ2) is 15.8. The van der Waals surface area contributed by atoms with Gasteiger partial charge in [0, 0.05) is 26.4 Å². The van der Waals surface area contributed by atoms with E-state index in [9.17, 15) is 4.79 Å². The molecular weight excluding hydrogens is 400 g/mol. The standard InChI is InChI=1S/C20H36O5Si2.2CH4/c1-20(2,25-14-8-16-27(6)23-4)19(21)17-9-11-18(12-10-17)24-13-7-15-26(5)22-3;;/h9-12,26-27H,7-8,13-16H2,1-6H3;2*1H4. The number of rotatable bonds is 14. The fourth-order valence-electron chi connectivity index (χ4n) is 2.61. The van der Waals surface area contributed by atoms with E-state index in [1.807, 2.05) is 38.1 Å². The quantitative estimate of drug-likeness (QED) is 0.227. The van der Waals surface area contributed by atoms with Gasteiger partial charge in [0.15, 0.2) is 23.9 Å². The molecule has 7 heteroatoms. The van der Waals surface area contributed by atoms with Crippen LogP contribution in [0, 0.1) is 0 Å². The van der Waals surface area contributed by atoms with E-state index in [0.29, 0.717) is 18.8 Å². The maximum absolute atomic E-state index is 12.7. The summed E-state index contributed by atoms with van der Waals surface area (Å²) in [7, 11) is 1.47. The molecule has 0 aliphatic carbocycles. The molecule has 170 valence electrons. The Labute approximate surface area is 182 Å². The Balaban J connectivity index is 0. The number of Topliss-reactive ketones (excluding diaryl/α,β-unsaturated/α-hetero) is 1. The monoisotopic (exact) mass is 444 g/mol. The van der Waals surface area contributed by atoms with Gasteiger partial charge in [-0.1, -0.05) is 14.9 Å². The van der Waals surface area contributed by atoms with Crippen molar-refractivity contribution in [3.63, 3.8) is 0 Å². The van der Waals surface area contributed by atoms with Gasteiger partial charge in [-0.15, -0.1) is 0 Å². The Bertz CT molecular complexity index is 549. The third-order valence-electron chi connectivity index (χ3n) is 4.71. The van der Waals surface area contributed by atoms with Gasteiger partial charge in [-0.25, -0.2) is 0 Å². The van der Waals surface area contributed by atoms with Crippen molar-refractivity contribution >= 4 is 23.9 Å². The number of ketones is 1. The molecule has 0 bridgehead atoms. The average molecular weight is 445 g/mol. The summed E-state index contributed by atoms with van der Waals surface area (Å²) >= 11 is 0. The molecule has 0 spiro atoms. The minimum absolute atomic E-state index is 0. The average Bonchev–Trinajstić information content (AvgIpc) is 2.68. The maximum atomic E-state index is 12.7. The lowest BCUT2D eigenvalue weighted by Gasteiger charge is -2.24. The van der Waals surface area contributed by atoms with E-state index in [1.165, 1.54) is 0 Å². The van der Waals surface area contributed by atoms with Crippen LogP contribution >= 0.6 is 0 Å². The van der Waals surface area contributed by atoms with E-state index in [4.69, 9.17) is 18.3 Å². The van der Waals surface area contributed by atoms with Crippen molar-refractivity contribution in [1.82, 2.24) is 0 Å². The number of hydrogen-bond acceptors (Lipinski definition) is 5. The molecule has 1 aromatic rings. The molecule has 2 atom stereocenters. The zero-order chi connectivity index (χ0) is 20.3. The van der Waals surface area contributed by atoms with Crippen molar-refractivity contribution < 1.29 is 23.1 Å². The third-order valence-corrected chi connectivity index (χ3v) is 8.76. The molecule has 2 unspecified atom stereocenters. The van der Waals surface area contributed by atoms with E-state index in [0.717, 1.165) is 30.7 Å². The minimum atomic E-state index is -1.06. The number of carbonyl (C=O) groups excluding carboxylic acids is 1. The predicted molar refractivity (Wildman–Crippen MR) is 129 cm³/mol. The van der Waals surface area contributed by atoms with Gasteiger partial charge >= 0.3 is 0 Å². The summed E-state index contributed by atoms with van der Waals surface area (Å²) in [5.41, 5.74) is -0.186. The SMILES string of the molecule is C.C.CO[SiH](C)CCCOc1ccc(C(=O)C(C)(C)OCCC[SiH](C)OC)cc1. The Morgan fingerprint density at radius 3 is 1.86 bits per heavy atom. The van der Waals surface area contributed by atoms with Gasteiger partial charge in [-0.3, -0.25) is 4.79 Å². The molecule has 0 radical (unpaired) electrons. The summed E-state index contributed by atoms with van der Waals surface area (Å²) in [6, 6.07) is 9.49. The predicted octanol–water partition coefficient (Wildman–Crippen LogP) is 5.10. The molecular formula is C22H44O5Si2. The van der Waals surface area contributed by atoms with Crippen molar-refractivity contribution in [3.8, 4) is 5.75 Å². The van der Waals surface area contributed by atoms with Gasteiger partial charge < -0.3 is 18.3 Å². The summed E-state index contributed by atoms with van der Waals surface area (Å²) in [6.45, 7) is 9.26. The normalized spacial score (nSPS) is 13.0. The molecule has 5 nitrogen and oxygen atoms in total. The largest absolute Gasteiger partial charge is 0.494 e. The zero-order valence-electron chi connectivity index (χ0n) is 17.7. The van der Waals surface area contributed by atoms with Crippen LogP contribution in [0.15, 0.2) is 24.3 Å². The van der Waals surface area contributed by atoms with E-state index in [2.05, 4.69) is 13.1 Å². The summed E-state index contributed by atoms with van der Waals surface area (Å²) in [6.07, 6.45) is 1.92. The van der Waals surface area contributed by atoms with Crippen LogP contribution in [-0.4, -0.2) is 56.9 Å². The summed E-state index contributed by atoms with van der Waals surface area (Å²) < 4.78 is 22.3. The minimum Gasteiger partial charge on any atom is -0.494 e. The lowest BCUT2D eigenvalue weighted by Crippen LogP contribution is -2.35. The van der Waals surface area contributed by atoms with Crippen LogP contribution in [0.2, 0.25) is 25.2 Å². The first-order valence-corrected chi connectivity index (χ1v) is 14.7. The lowest BCUT2D eigenvalue weighted by molar-refractivity contribution is -0.00430. The van der Waals surface area contributed by atoms with Crippen LogP contribution in [-0.2, 0) is 13.6 Å². The first kappa shape index (κ1) is 30.2. The Morgan fingerprint density at radius 2 is 1.38 bits per heavy atom. The fourth-order valence-corrected chi connectivity index (χ4v) is 4.56. The molecule has 0 aliphatic heterocycles. The molecule has 1 aromatic carbocycles. The van der Waals surface area contributed by atoms with Gasteiger partial charge in [0.05, 0.1) is 6.61 Å². The highest BCUT2D eigenvalue weighted by molar-refractivity contribution is 6.50. The lowest BCUT2D eigenvalue weighted by atomic mass is 9.96. The van der Waals surface area contributed by atoms with Crippen molar-refractivity contribution in [2.75, 3.05) is 27.4 Å². The molecule has 0 saturated heterocycles. The molecule has 0 saturated carbocycles. The zero-order valence-corrected chi connectivity index (χ0v) is 20.1. The van der Waals surface area contributed by atoms with Gasteiger partial charge in [-0.2, -0.15) is 0 Å². The summed E-state index contributed by atoms with van der Waals surface area (Å²) in [5, 5.41) is 0. The van der Waals surface area contributed by atoms with Crippen LogP contribution in [0.4, 0.5) is 0 Å². The Hall–Kier alpha value is -0.996. The smallest absolute Gasteiger partial charge is 0.194 e. The molecule has 0 aromatic heterocycles. The highest BCUT2D eigenvalue weighted by Gasteiger charge is 2.29. The van der Waals surface area contributed by atoms with E-state index < -0.39 is 23.7 Å². The Kier molecular flexibility index (Phi) is 16.4. The van der Waals surface area contributed by atoms with Gasteiger partial charge in [-0.05, 0) is 76.1 Å². The second-order valence-corrected chi connectivity index (χ2v) is 12.8. The van der Waals surface area contributed by atoms with E-state index in [-0.39, 0.29) is 20.6 Å². The number of carbonyl (C=O) groups is 1. The molecule has 0 amide bonds.